The predicted octanol–water partition coefficient (Wildman–Crippen LogP) is 4.35. The molecule has 0 bridgehead atoms. The van der Waals surface area contributed by atoms with E-state index in [4.69, 9.17) is 5.11 Å². The van der Waals surface area contributed by atoms with Crippen LogP contribution in [0, 0.1) is 0 Å². The van der Waals surface area contributed by atoms with Gasteiger partial charge >= 0.3 is 5.97 Å². The van der Waals surface area contributed by atoms with Crippen LogP contribution in [0.5, 0.6) is 0 Å². The van der Waals surface area contributed by atoms with Gasteiger partial charge in [0.15, 0.2) is 0 Å². The lowest BCUT2D eigenvalue weighted by molar-refractivity contribution is 0.0702. The van der Waals surface area contributed by atoms with Gasteiger partial charge in [0.25, 0.3) is 0 Å². The number of halogens is 2. The average molecular weight is 371 g/mol. The van der Waals surface area contributed by atoms with E-state index in [1.165, 1.54) is 11.3 Å². The van der Waals surface area contributed by atoms with Crippen LogP contribution in [0.1, 0.15) is 33.0 Å². The molecule has 0 saturated carbocycles. The molecule has 3 rings (SSSR count). The molecule has 1 aliphatic rings. The third kappa shape index (κ3) is 4.64. The van der Waals surface area contributed by atoms with Gasteiger partial charge in [-0.05, 0) is 48.8 Å². The molecule has 0 radical (unpaired) electrons. The Kier molecular flexibility index (Phi) is 7.42. The SMILES string of the molecule is Cl.Cl.O=C(O)c1ccc(/C=C2\CCCN=C2c2cccnc2)s1. The van der Waals surface area contributed by atoms with E-state index in [1.54, 1.807) is 12.3 Å². The Morgan fingerprint density at radius 3 is 2.74 bits per heavy atom. The molecule has 1 N–H and O–H groups in total. The van der Waals surface area contributed by atoms with Crippen LogP contribution in [-0.4, -0.2) is 28.3 Å². The van der Waals surface area contributed by atoms with Crippen molar-refractivity contribution in [3.8, 4) is 0 Å². The number of nitrogens with zero attached hydrogens (tertiary/aromatic N) is 2. The second kappa shape index (κ2) is 8.82. The van der Waals surface area contributed by atoms with Crippen LogP contribution in [0.25, 0.3) is 6.08 Å². The summed E-state index contributed by atoms with van der Waals surface area (Å²) in [5.41, 5.74) is 3.13. The molecule has 1 aliphatic heterocycles. The van der Waals surface area contributed by atoms with Crippen LogP contribution in [0.2, 0.25) is 0 Å². The number of aromatic carboxylic acids is 1. The molecule has 0 spiro atoms. The van der Waals surface area contributed by atoms with E-state index >= 15 is 0 Å². The van der Waals surface area contributed by atoms with Gasteiger partial charge in [-0.25, -0.2) is 4.79 Å². The van der Waals surface area contributed by atoms with Gasteiger partial charge < -0.3 is 5.11 Å². The number of carboxylic acids is 1. The molecular weight excluding hydrogens is 355 g/mol. The molecule has 0 aliphatic carbocycles. The molecule has 3 heterocycles. The highest BCUT2D eigenvalue weighted by Crippen LogP contribution is 2.25. The minimum absolute atomic E-state index is 0. The summed E-state index contributed by atoms with van der Waals surface area (Å²) in [7, 11) is 0. The van der Waals surface area contributed by atoms with Crippen molar-refractivity contribution >= 4 is 53.9 Å². The first-order valence-corrected chi connectivity index (χ1v) is 7.54. The lowest BCUT2D eigenvalue weighted by atomic mass is 9.96. The fourth-order valence-electron chi connectivity index (χ4n) is 2.32. The highest BCUT2D eigenvalue weighted by molar-refractivity contribution is 7.14. The maximum absolute atomic E-state index is 11.0. The number of pyridine rings is 1. The number of thiophene rings is 1. The quantitative estimate of drug-likeness (QED) is 0.873. The van der Waals surface area contributed by atoms with E-state index in [-0.39, 0.29) is 24.8 Å². The van der Waals surface area contributed by atoms with Gasteiger partial charge in [-0.2, -0.15) is 0 Å². The van der Waals surface area contributed by atoms with Crippen molar-refractivity contribution in [2.75, 3.05) is 6.54 Å². The molecular formula is C16H16Cl2N2O2S. The molecule has 122 valence electrons. The lowest BCUT2D eigenvalue weighted by Crippen LogP contribution is -2.11. The number of carbonyl (C=O) groups is 1. The zero-order chi connectivity index (χ0) is 14.7. The molecule has 0 saturated heterocycles. The minimum atomic E-state index is -0.880. The predicted molar refractivity (Wildman–Crippen MR) is 98.6 cm³/mol. The summed E-state index contributed by atoms with van der Waals surface area (Å²) in [6.45, 7) is 0.826. The van der Waals surface area contributed by atoms with Crippen LogP contribution in [0.4, 0.5) is 0 Å². The molecule has 2 aromatic heterocycles. The molecule has 0 fully saturated rings. The maximum Gasteiger partial charge on any atom is 0.345 e. The summed E-state index contributed by atoms with van der Waals surface area (Å²) in [5.74, 6) is -0.880. The number of hydrogen-bond donors (Lipinski definition) is 1. The molecule has 0 unspecified atom stereocenters. The first kappa shape index (κ1) is 19.4. The van der Waals surface area contributed by atoms with Crippen molar-refractivity contribution in [2.24, 2.45) is 4.99 Å². The van der Waals surface area contributed by atoms with Crippen molar-refractivity contribution in [3.05, 3.63) is 57.6 Å². The topological polar surface area (TPSA) is 62.5 Å². The number of rotatable bonds is 3. The Morgan fingerprint density at radius 1 is 1.26 bits per heavy atom. The Morgan fingerprint density at radius 2 is 2.09 bits per heavy atom. The van der Waals surface area contributed by atoms with Crippen LogP contribution in [-0.2, 0) is 0 Å². The molecule has 7 heteroatoms. The Bertz CT molecular complexity index is 727. The van der Waals surface area contributed by atoms with Gasteiger partial charge in [-0.3, -0.25) is 9.98 Å². The smallest absolute Gasteiger partial charge is 0.345 e. The van der Waals surface area contributed by atoms with Crippen molar-refractivity contribution in [2.45, 2.75) is 12.8 Å². The van der Waals surface area contributed by atoms with E-state index in [1.807, 2.05) is 30.5 Å². The van der Waals surface area contributed by atoms with E-state index < -0.39 is 5.97 Å². The normalized spacial score (nSPS) is 15.3. The van der Waals surface area contributed by atoms with Gasteiger partial charge in [0.2, 0.25) is 0 Å². The largest absolute Gasteiger partial charge is 0.477 e. The van der Waals surface area contributed by atoms with E-state index in [9.17, 15) is 4.79 Å². The van der Waals surface area contributed by atoms with Crippen LogP contribution in [0.15, 0.2) is 47.2 Å². The molecule has 0 aromatic carbocycles. The van der Waals surface area contributed by atoms with Gasteiger partial charge in [-0.15, -0.1) is 36.2 Å². The Balaban J connectivity index is 0.00000132. The molecule has 2 aromatic rings. The standard InChI is InChI=1S/C16H14N2O2S.2ClH/c19-16(20)14-6-5-13(21-14)9-11-3-2-8-18-15(11)12-4-1-7-17-10-12;;/h1,4-7,9-10H,2-3,8H2,(H,19,20);2*1H/b11-9+;;. The van der Waals surface area contributed by atoms with Crippen LogP contribution < -0.4 is 0 Å². The lowest BCUT2D eigenvalue weighted by Gasteiger charge is -2.15. The van der Waals surface area contributed by atoms with Gasteiger partial charge in [0.05, 0.1) is 5.71 Å². The number of hydrogen-bond acceptors (Lipinski definition) is 4. The summed E-state index contributed by atoms with van der Waals surface area (Å²) in [6, 6.07) is 7.39. The average Bonchev–Trinajstić information content (AvgIpc) is 2.98. The second-order valence-electron chi connectivity index (χ2n) is 4.75. The third-order valence-corrected chi connectivity index (χ3v) is 4.29. The molecule has 0 atom stereocenters. The number of carboxylic acid groups (broad SMARTS) is 1. The Hall–Kier alpha value is -1.69. The summed E-state index contributed by atoms with van der Waals surface area (Å²) >= 11 is 1.29. The summed E-state index contributed by atoms with van der Waals surface area (Å²) in [6.07, 6.45) is 7.58. The van der Waals surface area contributed by atoms with Crippen molar-refractivity contribution in [3.63, 3.8) is 0 Å². The number of allylic oxidation sites excluding steroid dienone is 1. The summed E-state index contributed by atoms with van der Waals surface area (Å²) in [5, 5.41) is 8.99. The maximum atomic E-state index is 11.0. The van der Waals surface area contributed by atoms with E-state index in [0.29, 0.717) is 4.88 Å². The fourth-order valence-corrected chi connectivity index (χ4v) is 3.13. The summed E-state index contributed by atoms with van der Waals surface area (Å²) < 4.78 is 0. The highest BCUT2D eigenvalue weighted by atomic mass is 35.5. The van der Waals surface area contributed by atoms with Gasteiger partial charge in [0, 0.05) is 29.4 Å². The van der Waals surface area contributed by atoms with Crippen LogP contribution in [0.3, 0.4) is 0 Å². The zero-order valence-corrected chi connectivity index (χ0v) is 14.6. The van der Waals surface area contributed by atoms with Gasteiger partial charge in [-0.1, -0.05) is 0 Å². The van der Waals surface area contributed by atoms with E-state index in [0.717, 1.165) is 41.1 Å². The summed E-state index contributed by atoms with van der Waals surface area (Å²) in [4.78, 5) is 21.0. The molecule has 4 nitrogen and oxygen atoms in total. The number of aliphatic imine (C=N–C) groups is 1. The highest BCUT2D eigenvalue weighted by Gasteiger charge is 2.15. The molecule has 23 heavy (non-hydrogen) atoms. The Labute approximate surface area is 150 Å². The third-order valence-electron chi connectivity index (χ3n) is 3.27. The monoisotopic (exact) mass is 370 g/mol. The zero-order valence-electron chi connectivity index (χ0n) is 12.1. The van der Waals surface area contributed by atoms with Crippen molar-refractivity contribution < 1.29 is 9.90 Å². The van der Waals surface area contributed by atoms with Crippen LogP contribution >= 0.6 is 36.2 Å². The van der Waals surface area contributed by atoms with E-state index in [2.05, 4.69) is 9.98 Å². The number of aromatic nitrogens is 1. The van der Waals surface area contributed by atoms with Crippen molar-refractivity contribution in [1.82, 2.24) is 4.98 Å². The molecule has 0 amide bonds. The first-order valence-electron chi connectivity index (χ1n) is 6.73. The first-order chi connectivity index (χ1) is 10.2. The minimum Gasteiger partial charge on any atom is -0.477 e. The van der Waals surface area contributed by atoms with Gasteiger partial charge in [0.1, 0.15) is 4.88 Å². The fraction of sp³-hybridized carbons (Fsp3) is 0.188. The second-order valence-corrected chi connectivity index (χ2v) is 5.87. The van der Waals surface area contributed by atoms with Crippen molar-refractivity contribution in [1.29, 1.82) is 0 Å².